The van der Waals surface area contributed by atoms with Crippen molar-refractivity contribution in [2.24, 2.45) is 5.41 Å². The summed E-state index contributed by atoms with van der Waals surface area (Å²) >= 11 is 0. The van der Waals surface area contributed by atoms with Crippen LogP contribution in [0.15, 0.2) is 0 Å². The van der Waals surface area contributed by atoms with Crippen molar-refractivity contribution in [3.63, 3.8) is 0 Å². The second-order valence-electron chi connectivity index (χ2n) is 5.56. The third-order valence-corrected chi connectivity index (χ3v) is 4.13. The molecule has 98 valence electrons. The average Bonchev–Trinajstić information content (AvgIpc) is 2.72. The predicted octanol–water partition coefficient (Wildman–Crippen LogP) is -0.230. The maximum Gasteiger partial charge on any atom is 0.248 e. The number of rotatable bonds is 2. The number of carbonyl (C=O) groups excluding carboxylic acids is 1. The Morgan fingerprint density at radius 1 is 1.29 bits per heavy atom. The normalized spacial score (nSPS) is 30.5. The van der Waals surface area contributed by atoms with E-state index in [0.29, 0.717) is 0 Å². The smallest absolute Gasteiger partial charge is 0.248 e. The molecule has 2 saturated heterocycles. The molecular formula is C12H23N3O2. The lowest BCUT2D eigenvalue weighted by Gasteiger charge is -2.40. The summed E-state index contributed by atoms with van der Waals surface area (Å²) in [7, 11) is 4.14. The largest absolute Gasteiger partial charge is 0.387 e. The Bertz CT molecular complexity index is 295. The number of hydrazine groups is 1. The molecule has 2 fully saturated rings. The van der Waals surface area contributed by atoms with E-state index in [-0.39, 0.29) is 17.9 Å². The van der Waals surface area contributed by atoms with Crippen molar-refractivity contribution in [1.29, 1.82) is 0 Å². The van der Waals surface area contributed by atoms with Gasteiger partial charge in [0.1, 0.15) is 6.61 Å². The Hall–Kier alpha value is -0.650. The first-order chi connectivity index (χ1) is 8.06. The Morgan fingerprint density at radius 2 is 2.06 bits per heavy atom. The van der Waals surface area contributed by atoms with E-state index < -0.39 is 0 Å². The molecule has 2 rings (SSSR count). The van der Waals surface area contributed by atoms with Crippen LogP contribution in [0.3, 0.4) is 0 Å². The number of nitrogens with zero attached hydrogens (tertiary/aromatic N) is 3. The number of piperidine rings is 1. The maximum absolute atomic E-state index is 11.6. The van der Waals surface area contributed by atoms with Crippen molar-refractivity contribution in [1.82, 2.24) is 14.9 Å². The zero-order chi connectivity index (χ0) is 12.5. The van der Waals surface area contributed by atoms with Crippen molar-refractivity contribution >= 4 is 5.91 Å². The molecule has 2 aliphatic heterocycles. The molecule has 0 aromatic carbocycles. The molecule has 0 radical (unpaired) electrons. The van der Waals surface area contributed by atoms with Gasteiger partial charge in [-0.2, -0.15) is 0 Å². The van der Waals surface area contributed by atoms with Gasteiger partial charge in [0.2, 0.25) is 5.91 Å². The number of hydrogen-bond donors (Lipinski definition) is 1. The first-order valence-electron chi connectivity index (χ1n) is 6.37. The lowest BCUT2D eigenvalue weighted by atomic mass is 9.79. The Kier molecular flexibility index (Phi) is 3.70. The van der Waals surface area contributed by atoms with Crippen LogP contribution >= 0.6 is 0 Å². The highest BCUT2D eigenvalue weighted by Gasteiger charge is 2.42. The van der Waals surface area contributed by atoms with Crippen molar-refractivity contribution in [2.75, 3.05) is 46.9 Å². The number of carbonyl (C=O) groups is 1. The first kappa shape index (κ1) is 12.8. The Morgan fingerprint density at radius 3 is 2.65 bits per heavy atom. The van der Waals surface area contributed by atoms with Crippen molar-refractivity contribution in [3.05, 3.63) is 0 Å². The summed E-state index contributed by atoms with van der Waals surface area (Å²) in [4.78, 5) is 13.4. The summed E-state index contributed by atoms with van der Waals surface area (Å²) < 4.78 is 0. The molecule has 17 heavy (non-hydrogen) atoms. The van der Waals surface area contributed by atoms with Crippen LogP contribution in [0.25, 0.3) is 0 Å². The molecule has 0 aliphatic carbocycles. The molecule has 0 bridgehead atoms. The van der Waals surface area contributed by atoms with Crippen LogP contribution in [0.5, 0.6) is 0 Å². The van der Waals surface area contributed by atoms with Gasteiger partial charge in [0.25, 0.3) is 0 Å². The minimum absolute atomic E-state index is 0.118. The third kappa shape index (κ3) is 2.61. The highest BCUT2D eigenvalue weighted by Crippen LogP contribution is 2.39. The van der Waals surface area contributed by atoms with Crippen molar-refractivity contribution < 1.29 is 9.90 Å². The molecule has 0 aromatic rings. The molecule has 1 amide bonds. The second-order valence-corrected chi connectivity index (χ2v) is 5.56. The zero-order valence-electron chi connectivity index (χ0n) is 10.9. The lowest BCUT2D eigenvalue weighted by Crippen LogP contribution is -2.49. The molecular weight excluding hydrogens is 218 g/mol. The SMILES string of the molecule is CN(C)N1CCC2(CCCN(C(=O)CO)C2)C1. The molecule has 1 spiro atoms. The molecule has 1 atom stereocenters. The number of aliphatic hydroxyl groups is 1. The minimum atomic E-state index is -0.354. The summed E-state index contributed by atoms with van der Waals surface area (Å²) in [5, 5.41) is 13.4. The zero-order valence-corrected chi connectivity index (χ0v) is 10.9. The van der Waals surface area contributed by atoms with E-state index in [9.17, 15) is 4.79 Å². The number of aliphatic hydroxyl groups excluding tert-OH is 1. The van der Waals surface area contributed by atoms with Crippen LogP contribution in [0.2, 0.25) is 0 Å². The van der Waals surface area contributed by atoms with Crippen LogP contribution < -0.4 is 0 Å². The van der Waals surface area contributed by atoms with Gasteiger partial charge in [0, 0.05) is 45.7 Å². The van der Waals surface area contributed by atoms with Gasteiger partial charge in [-0.25, -0.2) is 10.0 Å². The van der Waals surface area contributed by atoms with Gasteiger partial charge in [-0.1, -0.05) is 0 Å². The number of amides is 1. The fourth-order valence-corrected chi connectivity index (χ4v) is 3.11. The lowest BCUT2D eigenvalue weighted by molar-refractivity contribution is -0.137. The summed E-state index contributed by atoms with van der Waals surface area (Å²) in [5.41, 5.74) is 0.257. The summed E-state index contributed by atoms with van der Waals surface area (Å²) in [6.07, 6.45) is 3.42. The highest BCUT2D eigenvalue weighted by molar-refractivity contribution is 5.77. The summed E-state index contributed by atoms with van der Waals surface area (Å²) in [6, 6.07) is 0. The van der Waals surface area contributed by atoms with Gasteiger partial charge in [-0.3, -0.25) is 4.79 Å². The standard InChI is InChI=1S/C12H23N3O2/c1-13(2)15-7-5-12(10-15)4-3-6-14(9-12)11(17)8-16/h16H,3-10H2,1-2H3. The Balaban J connectivity index is 1.99. The third-order valence-electron chi connectivity index (χ3n) is 4.13. The van der Waals surface area contributed by atoms with Gasteiger partial charge in [-0.05, 0) is 19.3 Å². The van der Waals surface area contributed by atoms with E-state index in [2.05, 4.69) is 24.1 Å². The number of hydrogen-bond acceptors (Lipinski definition) is 4. The second kappa shape index (κ2) is 4.92. The van der Waals surface area contributed by atoms with Crippen LogP contribution in [0, 0.1) is 5.41 Å². The van der Waals surface area contributed by atoms with Gasteiger partial charge in [-0.15, -0.1) is 0 Å². The molecule has 5 heteroatoms. The summed E-state index contributed by atoms with van der Waals surface area (Å²) in [5.74, 6) is -0.118. The fourth-order valence-electron chi connectivity index (χ4n) is 3.11. The fraction of sp³-hybridized carbons (Fsp3) is 0.917. The highest BCUT2D eigenvalue weighted by atomic mass is 16.3. The van der Waals surface area contributed by atoms with E-state index in [0.717, 1.165) is 39.0 Å². The van der Waals surface area contributed by atoms with Crippen LogP contribution in [0.4, 0.5) is 0 Å². The molecule has 2 heterocycles. The molecule has 5 nitrogen and oxygen atoms in total. The van der Waals surface area contributed by atoms with Crippen LogP contribution in [0.1, 0.15) is 19.3 Å². The monoisotopic (exact) mass is 241 g/mol. The molecule has 0 aromatic heterocycles. The molecule has 2 aliphatic rings. The molecule has 1 unspecified atom stereocenters. The van der Waals surface area contributed by atoms with Gasteiger partial charge >= 0.3 is 0 Å². The van der Waals surface area contributed by atoms with Crippen LogP contribution in [-0.2, 0) is 4.79 Å². The van der Waals surface area contributed by atoms with E-state index in [1.165, 1.54) is 6.42 Å². The Labute approximate surface area is 103 Å². The van der Waals surface area contributed by atoms with Gasteiger partial charge in [0.15, 0.2) is 0 Å². The topological polar surface area (TPSA) is 47.0 Å². The predicted molar refractivity (Wildman–Crippen MR) is 65.2 cm³/mol. The quantitative estimate of drug-likeness (QED) is 0.725. The molecule has 0 saturated carbocycles. The minimum Gasteiger partial charge on any atom is -0.387 e. The van der Waals surface area contributed by atoms with E-state index in [4.69, 9.17) is 5.11 Å². The average molecular weight is 241 g/mol. The van der Waals surface area contributed by atoms with E-state index in [1.54, 1.807) is 0 Å². The van der Waals surface area contributed by atoms with Crippen LogP contribution in [-0.4, -0.2) is 72.8 Å². The summed E-state index contributed by atoms with van der Waals surface area (Å²) in [6.45, 7) is 3.39. The molecule has 1 N–H and O–H groups in total. The van der Waals surface area contributed by atoms with Gasteiger partial charge < -0.3 is 10.0 Å². The van der Waals surface area contributed by atoms with E-state index in [1.807, 2.05) is 4.90 Å². The van der Waals surface area contributed by atoms with E-state index >= 15 is 0 Å². The van der Waals surface area contributed by atoms with Crippen molar-refractivity contribution in [2.45, 2.75) is 19.3 Å². The van der Waals surface area contributed by atoms with Gasteiger partial charge in [0.05, 0.1) is 0 Å². The van der Waals surface area contributed by atoms with Crippen molar-refractivity contribution in [3.8, 4) is 0 Å². The number of likely N-dealkylation sites (tertiary alicyclic amines) is 1. The maximum atomic E-state index is 11.6. The first-order valence-corrected chi connectivity index (χ1v) is 6.37.